The molecule has 1 aliphatic heterocycles. The van der Waals surface area contributed by atoms with Crippen molar-refractivity contribution in [2.75, 3.05) is 33.2 Å². The van der Waals surface area contributed by atoms with Crippen LogP contribution in [0.4, 0.5) is 0 Å². The highest BCUT2D eigenvalue weighted by molar-refractivity contribution is 6.36. The third-order valence-electron chi connectivity index (χ3n) is 4.07. The number of halogens is 2. The van der Waals surface area contributed by atoms with Crippen LogP contribution < -0.4 is 0 Å². The zero-order valence-corrected chi connectivity index (χ0v) is 14.1. The number of Topliss-reactive ketones (excluding diaryl/α,β-unsaturated/α-hetero) is 1. The lowest BCUT2D eigenvalue weighted by molar-refractivity contribution is 0.0929. The Kier molecular flexibility index (Phi) is 6.06. The number of carbonyl (C=O) groups is 1. The van der Waals surface area contributed by atoms with Crippen LogP contribution in [0.2, 0.25) is 10.0 Å². The Morgan fingerprint density at radius 3 is 2.90 bits per heavy atom. The lowest BCUT2D eigenvalue weighted by atomic mass is 10.1. The van der Waals surface area contributed by atoms with Gasteiger partial charge in [-0.25, -0.2) is 0 Å². The van der Waals surface area contributed by atoms with Crippen LogP contribution in [0.25, 0.3) is 0 Å². The van der Waals surface area contributed by atoms with E-state index >= 15 is 0 Å². The zero-order valence-electron chi connectivity index (χ0n) is 12.6. The monoisotopic (exact) mass is 328 g/mol. The van der Waals surface area contributed by atoms with E-state index in [4.69, 9.17) is 23.2 Å². The van der Waals surface area contributed by atoms with Gasteiger partial charge >= 0.3 is 0 Å². The fourth-order valence-corrected chi connectivity index (χ4v) is 3.38. The van der Waals surface area contributed by atoms with Crippen molar-refractivity contribution in [3.63, 3.8) is 0 Å². The van der Waals surface area contributed by atoms with E-state index in [1.807, 2.05) is 7.05 Å². The molecular weight excluding hydrogens is 307 g/mol. The molecule has 0 amide bonds. The van der Waals surface area contributed by atoms with Crippen LogP contribution in [-0.2, 0) is 0 Å². The first-order chi connectivity index (χ1) is 10.0. The number of likely N-dealkylation sites (N-methyl/N-ethyl adjacent to an activating group) is 2. The summed E-state index contributed by atoms with van der Waals surface area (Å²) in [6.45, 7) is 5.72. The summed E-state index contributed by atoms with van der Waals surface area (Å²) in [6, 6.07) is 5.57. The van der Waals surface area contributed by atoms with Crippen LogP contribution in [0.3, 0.4) is 0 Å². The number of likely N-dealkylation sites (tertiary alicyclic amines) is 1. The van der Waals surface area contributed by atoms with E-state index in [1.165, 1.54) is 19.4 Å². The van der Waals surface area contributed by atoms with Crippen LogP contribution in [0, 0.1) is 0 Å². The average molecular weight is 329 g/mol. The standard InChI is InChI=1S/C16H22Cl2N2O/c1-3-20-8-4-5-13(20)10-19(2)11-16(21)14-9-12(17)6-7-15(14)18/h6-7,9,13H,3-5,8,10-11H2,1-2H3. The maximum Gasteiger partial charge on any atom is 0.178 e. The number of rotatable bonds is 6. The van der Waals surface area contributed by atoms with E-state index in [9.17, 15) is 4.79 Å². The Morgan fingerprint density at radius 1 is 1.43 bits per heavy atom. The van der Waals surface area contributed by atoms with Gasteiger partial charge in [0.2, 0.25) is 0 Å². The van der Waals surface area contributed by atoms with Crippen LogP contribution in [-0.4, -0.2) is 54.9 Å². The molecule has 5 heteroatoms. The maximum atomic E-state index is 12.4. The van der Waals surface area contributed by atoms with E-state index < -0.39 is 0 Å². The third kappa shape index (κ3) is 4.43. The fourth-order valence-electron chi connectivity index (χ4n) is 2.98. The number of ketones is 1. The quantitative estimate of drug-likeness (QED) is 0.745. The van der Waals surface area contributed by atoms with Gasteiger partial charge in [-0.1, -0.05) is 30.1 Å². The molecule has 1 atom stereocenters. The molecule has 0 spiro atoms. The Hall–Kier alpha value is -0.610. The van der Waals surface area contributed by atoms with Gasteiger partial charge in [-0.05, 0) is 51.2 Å². The molecule has 3 nitrogen and oxygen atoms in total. The Bertz CT molecular complexity index is 507. The number of carbonyl (C=O) groups excluding carboxylic acids is 1. The highest BCUT2D eigenvalue weighted by Crippen LogP contribution is 2.22. The van der Waals surface area contributed by atoms with Crippen molar-refractivity contribution in [1.82, 2.24) is 9.80 Å². The molecule has 2 rings (SSSR count). The summed E-state index contributed by atoms with van der Waals surface area (Å²) in [6.07, 6.45) is 2.46. The molecule has 0 N–H and O–H groups in total. The zero-order chi connectivity index (χ0) is 15.4. The van der Waals surface area contributed by atoms with Crippen molar-refractivity contribution in [1.29, 1.82) is 0 Å². The minimum absolute atomic E-state index is 0.0195. The van der Waals surface area contributed by atoms with Crippen molar-refractivity contribution in [3.8, 4) is 0 Å². The van der Waals surface area contributed by atoms with Crippen LogP contribution in [0.5, 0.6) is 0 Å². The highest BCUT2D eigenvalue weighted by atomic mass is 35.5. The highest BCUT2D eigenvalue weighted by Gasteiger charge is 2.24. The molecule has 1 unspecified atom stereocenters. The van der Waals surface area contributed by atoms with E-state index in [0.29, 0.717) is 28.2 Å². The molecule has 0 radical (unpaired) electrons. The van der Waals surface area contributed by atoms with Crippen LogP contribution in [0.1, 0.15) is 30.1 Å². The summed E-state index contributed by atoms with van der Waals surface area (Å²) in [4.78, 5) is 16.9. The molecule has 1 saturated heterocycles. The summed E-state index contributed by atoms with van der Waals surface area (Å²) in [5, 5.41) is 1.01. The SMILES string of the molecule is CCN1CCCC1CN(C)CC(=O)c1cc(Cl)ccc1Cl. The summed E-state index contributed by atoms with van der Waals surface area (Å²) in [5.41, 5.74) is 0.509. The third-order valence-corrected chi connectivity index (χ3v) is 4.63. The van der Waals surface area contributed by atoms with Gasteiger partial charge in [0.25, 0.3) is 0 Å². The summed E-state index contributed by atoms with van der Waals surface area (Å²) >= 11 is 12.0. The molecule has 1 aromatic rings. The minimum Gasteiger partial charge on any atom is -0.299 e. The molecule has 116 valence electrons. The summed E-state index contributed by atoms with van der Waals surface area (Å²) < 4.78 is 0. The van der Waals surface area contributed by atoms with Crippen LogP contribution in [0.15, 0.2) is 18.2 Å². The van der Waals surface area contributed by atoms with Crippen molar-refractivity contribution < 1.29 is 4.79 Å². The summed E-state index contributed by atoms with van der Waals surface area (Å²) in [5.74, 6) is 0.0195. The van der Waals surface area contributed by atoms with E-state index in [2.05, 4.69) is 16.7 Å². The molecule has 0 saturated carbocycles. The molecule has 0 aliphatic carbocycles. The predicted molar refractivity (Wildman–Crippen MR) is 88.6 cm³/mol. The molecule has 0 aromatic heterocycles. The number of nitrogens with zero attached hydrogens (tertiary/aromatic N) is 2. The molecule has 1 heterocycles. The largest absolute Gasteiger partial charge is 0.299 e. The second-order valence-corrected chi connectivity index (χ2v) is 6.51. The van der Waals surface area contributed by atoms with E-state index in [0.717, 1.165) is 13.1 Å². The molecule has 0 bridgehead atoms. The first-order valence-corrected chi connectivity index (χ1v) is 8.17. The lowest BCUT2D eigenvalue weighted by Crippen LogP contribution is -2.40. The second-order valence-electron chi connectivity index (χ2n) is 5.67. The van der Waals surface area contributed by atoms with E-state index in [1.54, 1.807) is 18.2 Å². The number of benzene rings is 1. The number of hydrogen-bond acceptors (Lipinski definition) is 3. The normalized spacial score (nSPS) is 19.4. The Morgan fingerprint density at radius 2 is 2.19 bits per heavy atom. The van der Waals surface area contributed by atoms with E-state index in [-0.39, 0.29) is 5.78 Å². The average Bonchev–Trinajstić information content (AvgIpc) is 2.88. The van der Waals surface area contributed by atoms with Gasteiger partial charge < -0.3 is 0 Å². The van der Waals surface area contributed by atoms with Crippen molar-refractivity contribution >= 4 is 29.0 Å². The van der Waals surface area contributed by atoms with Gasteiger partial charge in [0.05, 0.1) is 11.6 Å². The lowest BCUT2D eigenvalue weighted by Gasteiger charge is -2.27. The Balaban J connectivity index is 1.94. The van der Waals surface area contributed by atoms with Crippen molar-refractivity contribution in [3.05, 3.63) is 33.8 Å². The van der Waals surface area contributed by atoms with Gasteiger partial charge in [0, 0.05) is 23.2 Å². The van der Waals surface area contributed by atoms with Gasteiger partial charge in [-0.3, -0.25) is 14.6 Å². The smallest absolute Gasteiger partial charge is 0.178 e. The summed E-state index contributed by atoms with van der Waals surface area (Å²) in [7, 11) is 1.99. The second kappa shape index (κ2) is 7.59. The topological polar surface area (TPSA) is 23.6 Å². The molecule has 1 aliphatic rings. The first kappa shape index (κ1) is 16.8. The van der Waals surface area contributed by atoms with Crippen molar-refractivity contribution in [2.45, 2.75) is 25.8 Å². The molecule has 1 aromatic carbocycles. The van der Waals surface area contributed by atoms with Gasteiger partial charge in [-0.15, -0.1) is 0 Å². The van der Waals surface area contributed by atoms with Gasteiger partial charge in [0.15, 0.2) is 5.78 Å². The van der Waals surface area contributed by atoms with Crippen LogP contribution >= 0.6 is 23.2 Å². The van der Waals surface area contributed by atoms with Gasteiger partial charge in [0.1, 0.15) is 0 Å². The predicted octanol–water partition coefficient (Wildman–Crippen LogP) is 3.59. The molecular formula is C16H22Cl2N2O. The fraction of sp³-hybridized carbons (Fsp3) is 0.562. The Labute approximate surface area is 136 Å². The maximum absolute atomic E-state index is 12.4. The van der Waals surface area contributed by atoms with Crippen molar-refractivity contribution in [2.24, 2.45) is 0 Å². The molecule has 21 heavy (non-hydrogen) atoms. The number of hydrogen-bond donors (Lipinski definition) is 0. The van der Waals surface area contributed by atoms with Gasteiger partial charge in [-0.2, -0.15) is 0 Å². The first-order valence-electron chi connectivity index (χ1n) is 7.42. The molecule has 1 fully saturated rings. The minimum atomic E-state index is 0.0195.